The standard InChI is InChI=1S/C8H9N3O/c9-3-6-1-5-4-11-8(10)2-7(5)12-6/h1-2,4H,3,9H2,(H2,10,11). The summed E-state index contributed by atoms with van der Waals surface area (Å²) < 4.78 is 5.35. The summed E-state index contributed by atoms with van der Waals surface area (Å²) in [6, 6.07) is 3.55. The van der Waals surface area contributed by atoms with E-state index in [9.17, 15) is 0 Å². The molecule has 2 aromatic rings. The Morgan fingerprint density at radius 2 is 2.25 bits per heavy atom. The highest BCUT2D eigenvalue weighted by molar-refractivity contribution is 5.78. The fourth-order valence-corrected chi connectivity index (χ4v) is 1.10. The Bertz CT molecular complexity index is 408. The average molecular weight is 163 g/mol. The molecular weight excluding hydrogens is 154 g/mol. The molecule has 0 fully saturated rings. The minimum Gasteiger partial charge on any atom is -0.460 e. The van der Waals surface area contributed by atoms with E-state index in [0.29, 0.717) is 12.4 Å². The van der Waals surface area contributed by atoms with Crippen LogP contribution >= 0.6 is 0 Å². The van der Waals surface area contributed by atoms with E-state index in [2.05, 4.69) is 4.98 Å². The van der Waals surface area contributed by atoms with E-state index in [0.717, 1.165) is 16.7 Å². The van der Waals surface area contributed by atoms with Gasteiger partial charge in [-0.05, 0) is 6.07 Å². The molecule has 2 heterocycles. The molecule has 0 aromatic carbocycles. The summed E-state index contributed by atoms with van der Waals surface area (Å²) >= 11 is 0. The maximum Gasteiger partial charge on any atom is 0.139 e. The molecule has 0 radical (unpaired) electrons. The summed E-state index contributed by atoms with van der Waals surface area (Å²) in [6.45, 7) is 0.397. The molecule has 0 unspecified atom stereocenters. The number of hydrogen-bond acceptors (Lipinski definition) is 4. The van der Waals surface area contributed by atoms with Crippen LogP contribution in [-0.4, -0.2) is 4.98 Å². The first kappa shape index (κ1) is 7.12. The number of nitrogens with two attached hydrogens (primary N) is 2. The van der Waals surface area contributed by atoms with Gasteiger partial charge >= 0.3 is 0 Å². The molecule has 0 saturated carbocycles. The van der Waals surface area contributed by atoms with E-state index >= 15 is 0 Å². The van der Waals surface area contributed by atoms with Crippen molar-refractivity contribution < 1.29 is 4.42 Å². The van der Waals surface area contributed by atoms with Crippen LogP contribution in [0.5, 0.6) is 0 Å². The van der Waals surface area contributed by atoms with Crippen LogP contribution in [0, 0.1) is 0 Å². The van der Waals surface area contributed by atoms with Crippen molar-refractivity contribution in [3.63, 3.8) is 0 Å². The van der Waals surface area contributed by atoms with Gasteiger partial charge < -0.3 is 15.9 Å². The molecular formula is C8H9N3O. The lowest BCUT2D eigenvalue weighted by Crippen LogP contribution is -1.92. The Balaban J connectivity index is 2.67. The van der Waals surface area contributed by atoms with Gasteiger partial charge in [0.15, 0.2) is 0 Å². The fourth-order valence-electron chi connectivity index (χ4n) is 1.10. The first-order valence-electron chi connectivity index (χ1n) is 3.63. The lowest BCUT2D eigenvalue weighted by Gasteiger charge is -1.89. The van der Waals surface area contributed by atoms with E-state index in [1.807, 2.05) is 6.07 Å². The smallest absolute Gasteiger partial charge is 0.139 e. The molecule has 4 heteroatoms. The van der Waals surface area contributed by atoms with Crippen LogP contribution in [0.3, 0.4) is 0 Å². The molecule has 0 bridgehead atoms. The second kappa shape index (κ2) is 2.49. The van der Waals surface area contributed by atoms with Gasteiger partial charge in [0.05, 0.1) is 6.54 Å². The molecule has 0 spiro atoms. The van der Waals surface area contributed by atoms with Crippen LogP contribution in [0.4, 0.5) is 5.82 Å². The topological polar surface area (TPSA) is 78.1 Å². The molecule has 4 N–H and O–H groups in total. The molecule has 0 aliphatic carbocycles. The number of fused-ring (bicyclic) bond motifs is 1. The van der Waals surface area contributed by atoms with Crippen LogP contribution in [0.15, 0.2) is 22.7 Å². The van der Waals surface area contributed by atoms with Gasteiger partial charge in [-0.3, -0.25) is 0 Å². The van der Waals surface area contributed by atoms with E-state index in [-0.39, 0.29) is 0 Å². The summed E-state index contributed by atoms with van der Waals surface area (Å²) in [5.41, 5.74) is 11.6. The van der Waals surface area contributed by atoms with Crippen molar-refractivity contribution >= 4 is 16.8 Å². The van der Waals surface area contributed by atoms with Crippen LogP contribution in [0.25, 0.3) is 11.0 Å². The quantitative estimate of drug-likeness (QED) is 0.653. The molecule has 62 valence electrons. The molecule has 4 nitrogen and oxygen atoms in total. The van der Waals surface area contributed by atoms with Crippen molar-refractivity contribution in [3.8, 4) is 0 Å². The van der Waals surface area contributed by atoms with Gasteiger partial charge in [-0.2, -0.15) is 0 Å². The van der Waals surface area contributed by atoms with E-state index in [4.69, 9.17) is 15.9 Å². The van der Waals surface area contributed by atoms with Crippen LogP contribution in [0.2, 0.25) is 0 Å². The number of anilines is 1. The van der Waals surface area contributed by atoms with E-state index in [1.165, 1.54) is 0 Å². The molecule has 0 saturated heterocycles. The first-order valence-corrected chi connectivity index (χ1v) is 3.63. The van der Waals surface area contributed by atoms with Gasteiger partial charge in [-0.1, -0.05) is 0 Å². The lowest BCUT2D eigenvalue weighted by molar-refractivity contribution is 0.552. The predicted octanol–water partition coefficient (Wildman–Crippen LogP) is 0.869. The number of hydrogen-bond donors (Lipinski definition) is 2. The zero-order valence-electron chi connectivity index (χ0n) is 6.45. The summed E-state index contributed by atoms with van der Waals surface area (Å²) in [7, 11) is 0. The molecule has 0 aliphatic rings. The number of pyridine rings is 1. The van der Waals surface area contributed by atoms with Crippen molar-refractivity contribution in [1.82, 2.24) is 4.98 Å². The van der Waals surface area contributed by atoms with Crippen LogP contribution in [-0.2, 0) is 6.54 Å². The van der Waals surface area contributed by atoms with Gasteiger partial charge in [-0.25, -0.2) is 4.98 Å². The minimum atomic E-state index is 0.397. The third-order valence-electron chi connectivity index (χ3n) is 1.67. The van der Waals surface area contributed by atoms with Crippen LogP contribution < -0.4 is 11.5 Å². The average Bonchev–Trinajstić information content (AvgIpc) is 2.46. The SMILES string of the molecule is NCc1cc2cnc(N)cc2o1. The number of aromatic nitrogens is 1. The number of rotatable bonds is 1. The second-order valence-electron chi connectivity index (χ2n) is 2.56. The summed E-state index contributed by atoms with van der Waals surface area (Å²) in [6.07, 6.45) is 1.67. The van der Waals surface area contributed by atoms with Gasteiger partial charge in [0, 0.05) is 17.6 Å². The molecule has 0 atom stereocenters. The molecule has 2 aromatic heterocycles. The summed E-state index contributed by atoms with van der Waals surface area (Å²) in [5, 5.41) is 0.935. The van der Waals surface area contributed by atoms with Crippen molar-refractivity contribution in [1.29, 1.82) is 0 Å². The normalized spacial score (nSPS) is 10.8. The highest BCUT2D eigenvalue weighted by Gasteiger charge is 2.01. The fraction of sp³-hybridized carbons (Fsp3) is 0.125. The lowest BCUT2D eigenvalue weighted by atomic mass is 10.3. The first-order chi connectivity index (χ1) is 5.79. The highest BCUT2D eigenvalue weighted by atomic mass is 16.3. The third kappa shape index (κ3) is 1.02. The van der Waals surface area contributed by atoms with Gasteiger partial charge in [0.1, 0.15) is 17.2 Å². The number of furan rings is 1. The second-order valence-corrected chi connectivity index (χ2v) is 2.56. The van der Waals surface area contributed by atoms with E-state index in [1.54, 1.807) is 12.3 Å². The molecule has 12 heavy (non-hydrogen) atoms. The van der Waals surface area contributed by atoms with Crippen LogP contribution in [0.1, 0.15) is 5.76 Å². The monoisotopic (exact) mass is 163 g/mol. The maximum atomic E-state index is 5.47. The Morgan fingerprint density at radius 1 is 1.42 bits per heavy atom. The van der Waals surface area contributed by atoms with Crippen molar-refractivity contribution in [2.45, 2.75) is 6.54 Å². The Labute approximate surface area is 69.2 Å². The summed E-state index contributed by atoms with van der Waals surface area (Å²) in [5.74, 6) is 1.21. The van der Waals surface area contributed by atoms with Crippen molar-refractivity contribution in [2.24, 2.45) is 5.73 Å². The number of nitrogen functional groups attached to an aromatic ring is 1. The van der Waals surface area contributed by atoms with Crippen molar-refractivity contribution in [3.05, 3.63) is 24.1 Å². The maximum absolute atomic E-state index is 5.47. The third-order valence-corrected chi connectivity index (χ3v) is 1.67. The van der Waals surface area contributed by atoms with E-state index < -0.39 is 0 Å². The Morgan fingerprint density at radius 3 is 3.00 bits per heavy atom. The Kier molecular flexibility index (Phi) is 1.48. The highest BCUT2D eigenvalue weighted by Crippen LogP contribution is 2.19. The molecule has 0 aliphatic heterocycles. The van der Waals surface area contributed by atoms with Gasteiger partial charge in [-0.15, -0.1) is 0 Å². The summed E-state index contributed by atoms with van der Waals surface area (Å²) in [4.78, 5) is 3.93. The zero-order chi connectivity index (χ0) is 8.55. The minimum absolute atomic E-state index is 0.397. The van der Waals surface area contributed by atoms with Gasteiger partial charge in [0.25, 0.3) is 0 Å². The predicted molar refractivity (Wildman–Crippen MR) is 46.3 cm³/mol. The molecule has 2 rings (SSSR count). The number of nitrogens with zero attached hydrogens (tertiary/aromatic N) is 1. The van der Waals surface area contributed by atoms with Gasteiger partial charge in [0.2, 0.25) is 0 Å². The zero-order valence-corrected chi connectivity index (χ0v) is 6.45. The Hall–Kier alpha value is -1.55. The molecule has 0 amide bonds. The van der Waals surface area contributed by atoms with Crippen molar-refractivity contribution in [2.75, 3.05) is 5.73 Å². The largest absolute Gasteiger partial charge is 0.460 e.